The molecule has 8 heteroatoms. The molecule has 3 aromatic carbocycles. The van der Waals surface area contributed by atoms with Gasteiger partial charge in [-0.05, 0) is 74.4 Å². The van der Waals surface area contributed by atoms with Gasteiger partial charge in [0.2, 0.25) is 15.9 Å². The molecule has 7 nitrogen and oxygen atoms in total. The second-order valence-electron chi connectivity index (χ2n) is 7.49. The third-order valence-corrected chi connectivity index (χ3v) is 6.39. The van der Waals surface area contributed by atoms with Crippen LogP contribution in [-0.4, -0.2) is 27.0 Å². The first-order valence-corrected chi connectivity index (χ1v) is 12.1. The molecule has 0 bridgehead atoms. The summed E-state index contributed by atoms with van der Waals surface area (Å²) < 4.78 is 39.0. The predicted molar refractivity (Wildman–Crippen MR) is 128 cm³/mol. The molecule has 0 radical (unpaired) electrons. The molecule has 0 aliphatic heterocycles. The molecule has 174 valence electrons. The van der Waals surface area contributed by atoms with E-state index in [4.69, 9.17) is 9.47 Å². The quantitative estimate of drug-likeness (QED) is 0.463. The summed E-state index contributed by atoms with van der Waals surface area (Å²) >= 11 is 0. The topological polar surface area (TPSA) is 93.7 Å². The zero-order chi connectivity index (χ0) is 23.8. The second kappa shape index (κ2) is 11.0. The number of anilines is 1. The minimum atomic E-state index is -3.88. The van der Waals surface area contributed by atoms with E-state index in [-0.39, 0.29) is 4.90 Å². The van der Waals surface area contributed by atoms with Gasteiger partial charge in [0.25, 0.3) is 0 Å². The fourth-order valence-corrected chi connectivity index (χ4v) is 4.37. The zero-order valence-corrected chi connectivity index (χ0v) is 19.7. The highest BCUT2D eigenvalue weighted by Gasteiger charge is 2.23. The van der Waals surface area contributed by atoms with E-state index in [1.165, 1.54) is 19.1 Å². The average molecular weight is 469 g/mol. The Labute approximate surface area is 194 Å². The molecule has 0 heterocycles. The van der Waals surface area contributed by atoms with Crippen LogP contribution in [0.5, 0.6) is 11.5 Å². The number of hydrogen-bond donors (Lipinski definition) is 2. The van der Waals surface area contributed by atoms with Crippen LogP contribution in [0.4, 0.5) is 5.69 Å². The van der Waals surface area contributed by atoms with Crippen LogP contribution in [0.2, 0.25) is 0 Å². The van der Waals surface area contributed by atoms with Gasteiger partial charge in [-0.2, -0.15) is 4.72 Å². The molecule has 0 aromatic heterocycles. The minimum absolute atomic E-state index is 0.0722. The molecule has 1 atom stereocenters. The van der Waals surface area contributed by atoms with Crippen molar-refractivity contribution in [3.05, 3.63) is 83.9 Å². The van der Waals surface area contributed by atoms with Crippen molar-refractivity contribution in [2.45, 2.75) is 38.3 Å². The van der Waals surface area contributed by atoms with E-state index >= 15 is 0 Å². The minimum Gasteiger partial charge on any atom is -0.494 e. The molecule has 3 aromatic rings. The summed E-state index contributed by atoms with van der Waals surface area (Å²) in [4.78, 5) is 12.6. The number of hydrogen-bond acceptors (Lipinski definition) is 5. The Kier molecular flexibility index (Phi) is 8.08. The van der Waals surface area contributed by atoms with Crippen LogP contribution in [0.3, 0.4) is 0 Å². The molecular weight excluding hydrogens is 440 g/mol. The molecule has 0 saturated carbocycles. The van der Waals surface area contributed by atoms with Crippen LogP contribution in [0.25, 0.3) is 0 Å². The zero-order valence-electron chi connectivity index (χ0n) is 18.9. The van der Waals surface area contributed by atoms with Crippen molar-refractivity contribution >= 4 is 21.6 Å². The summed E-state index contributed by atoms with van der Waals surface area (Å²) in [5, 5.41) is 2.71. The van der Waals surface area contributed by atoms with Gasteiger partial charge in [-0.1, -0.05) is 30.3 Å². The fraction of sp³-hybridized carbons (Fsp3) is 0.240. The number of sulfonamides is 1. The van der Waals surface area contributed by atoms with Crippen molar-refractivity contribution in [3.63, 3.8) is 0 Å². The maximum atomic E-state index is 12.7. The van der Waals surface area contributed by atoms with E-state index in [1.807, 2.05) is 37.3 Å². The molecule has 0 unspecified atom stereocenters. The molecule has 0 aliphatic rings. The van der Waals surface area contributed by atoms with Gasteiger partial charge in [0, 0.05) is 5.69 Å². The SMILES string of the molecule is CCOc1ccc(S(=O)(=O)N[C@H](C)C(=O)Nc2ccc(OCc3ccccc3)cc2)cc1C. The number of amides is 1. The molecular formula is C25H28N2O5S. The lowest BCUT2D eigenvalue weighted by molar-refractivity contribution is -0.117. The van der Waals surface area contributed by atoms with Crippen molar-refractivity contribution < 1.29 is 22.7 Å². The van der Waals surface area contributed by atoms with Crippen LogP contribution in [0.15, 0.2) is 77.7 Å². The molecule has 1 amide bonds. The highest BCUT2D eigenvalue weighted by atomic mass is 32.2. The molecule has 0 fully saturated rings. The van der Waals surface area contributed by atoms with Gasteiger partial charge in [0.1, 0.15) is 18.1 Å². The number of benzene rings is 3. The molecule has 3 rings (SSSR count). The summed E-state index contributed by atoms with van der Waals surface area (Å²) in [5.74, 6) is 0.814. The van der Waals surface area contributed by atoms with Crippen molar-refractivity contribution in [1.82, 2.24) is 4.72 Å². The maximum Gasteiger partial charge on any atom is 0.242 e. The fourth-order valence-electron chi connectivity index (χ4n) is 3.09. The van der Waals surface area contributed by atoms with Gasteiger partial charge >= 0.3 is 0 Å². The van der Waals surface area contributed by atoms with E-state index in [2.05, 4.69) is 10.0 Å². The van der Waals surface area contributed by atoms with E-state index in [1.54, 1.807) is 37.3 Å². The first-order chi connectivity index (χ1) is 15.8. The summed E-state index contributed by atoms with van der Waals surface area (Å²) in [6.45, 7) is 6.05. The van der Waals surface area contributed by atoms with Crippen molar-refractivity contribution in [2.24, 2.45) is 0 Å². The number of ether oxygens (including phenoxy) is 2. The molecule has 2 N–H and O–H groups in total. The van der Waals surface area contributed by atoms with Crippen LogP contribution >= 0.6 is 0 Å². The van der Waals surface area contributed by atoms with Gasteiger partial charge in [0.15, 0.2) is 0 Å². The van der Waals surface area contributed by atoms with Crippen LogP contribution in [-0.2, 0) is 21.4 Å². The Morgan fingerprint density at radius 3 is 2.30 bits per heavy atom. The highest BCUT2D eigenvalue weighted by molar-refractivity contribution is 7.89. The Morgan fingerprint density at radius 2 is 1.67 bits per heavy atom. The monoisotopic (exact) mass is 468 g/mol. The van der Waals surface area contributed by atoms with Gasteiger partial charge in [0.05, 0.1) is 17.5 Å². The number of carbonyl (C=O) groups excluding carboxylic acids is 1. The average Bonchev–Trinajstić information content (AvgIpc) is 2.80. The largest absolute Gasteiger partial charge is 0.494 e. The second-order valence-corrected chi connectivity index (χ2v) is 9.21. The first-order valence-electron chi connectivity index (χ1n) is 10.6. The lowest BCUT2D eigenvalue weighted by Crippen LogP contribution is -2.41. The summed E-state index contributed by atoms with van der Waals surface area (Å²) in [6.07, 6.45) is 0. The van der Waals surface area contributed by atoms with Gasteiger partial charge in [-0.25, -0.2) is 8.42 Å². The number of nitrogens with one attached hydrogen (secondary N) is 2. The van der Waals surface area contributed by atoms with E-state index in [0.717, 1.165) is 5.56 Å². The van der Waals surface area contributed by atoms with E-state index < -0.39 is 22.0 Å². The van der Waals surface area contributed by atoms with E-state index in [0.29, 0.717) is 36.0 Å². The third kappa shape index (κ3) is 6.81. The Bertz CT molecular complexity index is 1180. The normalized spacial score (nSPS) is 12.1. The summed E-state index contributed by atoms with van der Waals surface area (Å²) in [6, 6.07) is 20.3. The number of aryl methyl sites for hydroxylation is 1. The molecule has 0 spiro atoms. The number of rotatable bonds is 10. The summed E-state index contributed by atoms with van der Waals surface area (Å²) in [7, 11) is -3.88. The molecule has 0 aliphatic carbocycles. The number of carbonyl (C=O) groups is 1. The molecule has 0 saturated heterocycles. The van der Waals surface area contributed by atoms with Crippen molar-refractivity contribution in [1.29, 1.82) is 0 Å². The van der Waals surface area contributed by atoms with Crippen molar-refractivity contribution in [3.8, 4) is 11.5 Å². The smallest absolute Gasteiger partial charge is 0.242 e. The van der Waals surface area contributed by atoms with Crippen LogP contribution in [0.1, 0.15) is 25.0 Å². The van der Waals surface area contributed by atoms with Gasteiger partial charge < -0.3 is 14.8 Å². The maximum absolute atomic E-state index is 12.7. The van der Waals surface area contributed by atoms with Gasteiger partial charge in [-0.3, -0.25) is 4.79 Å². The van der Waals surface area contributed by atoms with Crippen molar-refractivity contribution in [2.75, 3.05) is 11.9 Å². The Hall–Kier alpha value is -3.36. The predicted octanol–water partition coefficient (Wildman–Crippen LogP) is 4.28. The third-order valence-electron chi connectivity index (χ3n) is 4.85. The standard InChI is InChI=1S/C25H28N2O5S/c1-4-31-24-15-14-23(16-18(24)2)33(29,30)27-19(3)25(28)26-21-10-12-22(13-11-21)32-17-20-8-6-5-7-9-20/h5-16,19,27H,4,17H2,1-3H3,(H,26,28)/t19-/m1/s1. The first kappa shape index (κ1) is 24.3. The lowest BCUT2D eigenvalue weighted by atomic mass is 10.2. The van der Waals surface area contributed by atoms with Crippen LogP contribution < -0.4 is 19.5 Å². The molecule has 33 heavy (non-hydrogen) atoms. The lowest BCUT2D eigenvalue weighted by Gasteiger charge is -2.16. The van der Waals surface area contributed by atoms with Crippen LogP contribution in [0, 0.1) is 6.92 Å². The Balaban J connectivity index is 1.57. The van der Waals surface area contributed by atoms with Gasteiger partial charge in [-0.15, -0.1) is 0 Å². The summed E-state index contributed by atoms with van der Waals surface area (Å²) in [5.41, 5.74) is 2.29. The van der Waals surface area contributed by atoms with E-state index in [9.17, 15) is 13.2 Å². The Morgan fingerprint density at radius 1 is 0.970 bits per heavy atom. The highest BCUT2D eigenvalue weighted by Crippen LogP contribution is 2.22.